The number of nitrogens with zero attached hydrogens (tertiary/aromatic N) is 6. The van der Waals surface area contributed by atoms with Gasteiger partial charge in [0.25, 0.3) is 0 Å². The second-order valence-electron chi connectivity index (χ2n) is 5.27. The quantitative estimate of drug-likeness (QED) is 0.471. The summed E-state index contributed by atoms with van der Waals surface area (Å²) in [6, 6.07) is 7.14. The molecule has 0 aliphatic rings. The Morgan fingerprint density at radius 1 is 1.15 bits per heavy atom. The summed E-state index contributed by atoms with van der Waals surface area (Å²) >= 11 is 1.25. The largest absolute Gasteiger partial charge is 0.354 e. The van der Waals surface area contributed by atoms with Crippen LogP contribution in [0, 0.1) is 0 Å². The number of thioether (sulfide) groups is 1. The van der Waals surface area contributed by atoms with Crippen LogP contribution in [-0.4, -0.2) is 47.5 Å². The van der Waals surface area contributed by atoms with E-state index in [4.69, 9.17) is 0 Å². The molecular weight excluding hydrogens is 354 g/mol. The maximum absolute atomic E-state index is 12.3. The Morgan fingerprint density at radius 2 is 1.92 bits per heavy atom. The zero-order chi connectivity index (χ0) is 18.4. The summed E-state index contributed by atoms with van der Waals surface area (Å²) in [6.07, 6.45) is 4.90. The fourth-order valence-corrected chi connectivity index (χ4v) is 2.83. The zero-order valence-electron chi connectivity index (χ0n) is 14.1. The molecule has 0 aromatic carbocycles. The van der Waals surface area contributed by atoms with Crippen molar-refractivity contribution in [1.82, 2.24) is 34.6 Å². The van der Waals surface area contributed by atoms with Crippen molar-refractivity contribution in [3.63, 3.8) is 0 Å². The highest BCUT2D eigenvalue weighted by Gasteiger charge is 2.13. The second kappa shape index (κ2) is 8.39. The van der Waals surface area contributed by atoms with Crippen LogP contribution in [-0.2, 0) is 18.4 Å². The summed E-state index contributed by atoms with van der Waals surface area (Å²) in [5.41, 5.74) is 0.362. The Kier molecular flexibility index (Phi) is 5.74. The van der Waals surface area contributed by atoms with E-state index in [1.54, 1.807) is 43.8 Å². The van der Waals surface area contributed by atoms with Gasteiger partial charge in [-0.3, -0.25) is 14.3 Å². The van der Waals surface area contributed by atoms with Gasteiger partial charge in [0.15, 0.2) is 11.0 Å². The van der Waals surface area contributed by atoms with Gasteiger partial charge in [-0.2, -0.15) is 0 Å². The lowest BCUT2D eigenvalue weighted by atomic mass is 10.3. The fraction of sp³-hybridized carbons (Fsp3) is 0.250. The highest BCUT2D eigenvalue weighted by Crippen LogP contribution is 2.11. The maximum Gasteiger partial charge on any atom is 0.346 e. The smallest absolute Gasteiger partial charge is 0.346 e. The van der Waals surface area contributed by atoms with E-state index < -0.39 is 0 Å². The molecule has 3 heterocycles. The average molecular weight is 371 g/mol. The molecule has 0 bridgehead atoms. The molecule has 1 amide bonds. The summed E-state index contributed by atoms with van der Waals surface area (Å²) in [6.45, 7) is 0.575. The molecule has 3 rings (SSSR count). The molecule has 0 fully saturated rings. The first-order valence-corrected chi connectivity index (χ1v) is 8.85. The lowest BCUT2D eigenvalue weighted by Gasteiger charge is -2.04. The normalized spacial score (nSPS) is 10.7. The molecule has 0 aliphatic heterocycles. The molecule has 3 aromatic heterocycles. The summed E-state index contributed by atoms with van der Waals surface area (Å²) in [5.74, 6) is 0.537. The van der Waals surface area contributed by atoms with Crippen molar-refractivity contribution < 1.29 is 4.79 Å². The van der Waals surface area contributed by atoms with Gasteiger partial charge in [-0.25, -0.2) is 19.4 Å². The van der Waals surface area contributed by atoms with Gasteiger partial charge in [-0.15, -0.1) is 5.10 Å². The van der Waals surface area contributed by atoms with Gasteiger partial charge in [0.2, 0.25) is 5.91 Å². The molecule has 0 aliphatic carbocycles. The van der Waals surface area contributed by atoms with Crippen molar-refractivity contribution in [2.75, 3.05) is 12.3 Å². The first-order valence-electron chi connectivity index (χ1n) is 7.87. The molecule has 26 heavy (non-hydrogen) atoms. The van der Waals surface area contributed by atoms with E-state index in [0.29, 0.717) is 23.2 Å². The predicted molar refractivity (Wildman–Crippen MR) is 96.5 cm³/mol. The summed E-state index contributed by atoms with van der Waals surface area (Å²) in [7, 11) is 1.64. The molecule has 0 radical (unpaired) electrons. The molecule has 0 atom stereocenters. The van der Waals surface area contributed by atoms with E-state index in [0.717, 1.165) is 0 Å². The van der Waals surface area contributed by atoms with E-state index in [1.807, 2.05) is 6.07 Å². The van der Waals surface area contributed by atoms with Crippen LogP contribution in [0.3, 0.4) is 0 Å². The Bertz CT molecular complexity index is 925. The second-order valence-corrected chi connectivity index (χ2v) is 6.22. The van der Waals surface area contributed by atoms with Crippen LogP contribution in [0.25, 0.3) is 11.5 Å². The third-order valence-electron chi connectivity index (χ3n) is 3.46. The van der Waals surface area contributed by atoms with Crippen LogP contribution in [0.4, 0.5) is 0 Å². The average Bonchev–Trinajstić information content (AvgIpc) is 2.96. The molecule has 0 saturated carbocycles. The van der Waals surface area contributed by atoms with Gasteiger partial charge >= 0.3 is 5.69 Å². The van der Waals surface area contributed by atoms with Crippen LogP contribution >= 0.6 is 11.8 Å². The molecule has 0 saturated heterocycles. The lowest BCUT2D eigenvalue weighted by Crippen LogP contribution is -2.32. The minimum Gasteiger partial charge on any atom is -0.354 e. The molecule has 10 heteroatoms. The third kappa shape index (κ3) is 4.33. The van der Waals surface area contributed by atoms with Gasteiger partial charge in [0.1, 0.15) is 5.69 Å². The van der Waals surface area contributed by atoms with E-state index >= 15 is 0 Å². The Labute approximate surface area is 153 Å². The molecular formula is C16H17N7O2S. The number of hydrogen-bond donors (Lipinski definition) is 1. The van der Waals surface area contributed by atoms with Crippen LogP contribution in [0.1, 0.15) is 0 Å². The summed E-state index contributed by atoms with van der Waals surface area (Å²) < 4.78 is 2.75. The highest BCUT2D eigenvalue weighted by molar-refractivity contribution is 7.99. The summed E-state index contributed by atoms with van der Waals surface area (Å²) in [4.78, 5) is 36.4. The number of pyridine rings is 1. The first kappa shape index (κ1) is 17.8. The molecule has 3 aromatic rings. The van der Waals surface area contributed by atoms with Gasteiger partial charge in [-0.05, 0) is 18.2 Å². The monoisotopic (exact) mass is 371 g/mol. The maximum atomic E-state index is 12.3. The van der Waals surface area contributed by atoms with Crippen molar-refractivity contribution in [2.24, 2.45) is 7.05 Å². The van der Waals surface area contributed by atoms with Crippen LogP contribution in [0.15, 0.2) is 52.8 Å². The molecule has 1 N–H and O–H groups in total. The number of hydrogen-bond acceptors (Lipinski definition) is 7. The number of amides is 1. The van der Waals surface area contributed by atoms with Crippen LogP contribution < -0.4 is 11.0 Å². The van der Waals surface area contributed by atoms with Crippen molar-refractivity contribution in [3.8, 4) is 11.5 Å². The van der Waals surface area contributed by atoms with Gasteiger partial charge in [0, 0.05) is 32.2 Å². The Morgan fingerprint density at radius 3 is 2.65 bits per heavy atom. The van der Waals surface area contributed by atoms with Crippen molar-refractivity contribution in [2.45, 2.75) is 11.7 Å². The van der Waals surface area contributed by atoms with Crippen molar-refractivity contribution in [3.05, 3.63) is 53.3 Å². The first-order chi connectivity index (χ1) is 12.6. The van der Waals surface area contributed by atoms with E-state index in [-0.39, 0.29) is 23.9 Å². The third-order valence-corrected chi connectivity index (χ3v) is 4.33. The van der Waals surface area contributed by atoms with E-state index in [9.17, 15) is 9.59 Å². The SMILES string of the molecule is Cn1c(-c2ccccn2)nn(CCNC(=O)CSc2ncccn2)c1=O. The molecule has 0 unspecified atom stereocenters. The molecule has 9 nitrogen and oxygen atoms in total. The Hall–Kier alpha value is -3.01. The zero-order valence-corrected chi connectivity index (χ0v) is 14.9. The standard InChI is InChI=1S/C16H17N7O2S/c1-22-14(12-5-2-3-6-17-12)21-23(16(22)25)10-9-18-13(24)11-26-15-19-7-4-8-20-15/h2-8H,9-11H2,1H3,(H,18,24). The number of carbonyl (C=O) groups is 1. The van der Waals surface area contributed by atoms with Gasteiger partial charge < -0.3 is 5.32 Å². The van der Waals surface area contributed by atoms with Gasteiger partial charge in [0.05, 0.1) is 12.3 Å². The van der Waals surface area contributed by atoms with Gasteiger partial charge in [-0.1, -0.05) is 17.8 Å². The van der Waals surface area contributed by atoms with E-state index in [1.165, 1.54) is 21.0 Å². The van der Waals surface area contributed by atoms with Crippen molar-refractivity contribution >= 4 is 17.7 Å². The highest BCUT2D eigenvalue weighted by atomic mass is 32.2. The molecule has 134 valence electrons. The predicted octanol–water partition coefficient (Wildman–Crippen LogP) is 0.342. The molecule has 0 spiro atoms. The van der Waals surface area contributed by atoms with Crippen molar-refractivity contribution in [1.29, 1.82) is 0 Å². The minimum atomic E-state index is -0.257. The topological polar surface area (TPSA) is 108 Å². The number of aromatic nitrogens is 6. The Balaban J connectivity index is 1.54. The minimum absolute atomic E-state index is 0.156. The lowest BCUT2D eigenvalue weighted by molar-refractivity contribution is -0.118. The fourth-order valence-electron chi connectivity index (χ4n) is 2.19. The number of carbonyl (C=O) groups excluding carboxylic acids is 1. The van der Waals surface area contributed by atoms with Crippen LogP contribution in [0.5, 0.6) is 0 Å². The van der Waals surface area contributed by atoms with Crippen LogP contribution in [0.2, 0.25) is 0 Å². The van der Waals surface area contributed by atoms with E-state index in [2.05, 4.69) is 25.4 Å². The summed E-state index contributed by atoms with van der Waals surface area (Å²) in [5, 5.41) is 7.60. The number of nitrogens with one attached hydrogen (secondary N) is 1. The number of rotatable bonds is 7.